The van der Waals surface area contributed by atoms with Crippen molar-refractivity contribution < 1.29 is 10.2 Å². The van der Waals surface area contributed by atoms with E-state index >= 15 is 0 Å². The monoisotopic (exact) mass is 294 g/mol. The van der Waals surface area contributed by atoms with Gasteiger partial charge in [-0.25, -0.2) is 0 Å². The van der Waals surface area contributed by atoms with Crippen LogP contribution >= 0.6 is 0 Å². The third-order valence-electron chi connectivity index (χ3n) is 4.68. The van der Waals surface area contributed by atoms with Crippen LogP contribution in [-0.2, 0) is 0 Å². The van der Waals surface area contributed by atoms with Crippen molar-refractivity contribution in [3.63, 3.8) is 0 Å². The van der Waals surface area contributed by atoms with Gasteiger partial charge < -0.3 is 10.2 Å². The summed E-state index contributed by atoms with van der Waals surface area (Å²) >= 11 is 0. The van der Waals surface area contributed by atoms with Crippen LogP contribution in [0.5, 0.6) is 0 Å². The number of benzene rings is 2. The van der Waals surface area contributed by atoms with Gasteiger partial charge in [-0.15, -0.1) is 0 Å². The topological polar surface area (TPSA) is 40.5 Å². The molecule has 0 spiro atoms. The predicted molar refractivity (Wildman–Crippen MR) is 90.1 cm³/mol. The molecule has 1 aliphatic carbocycles. The van der Waals surface area contributed by atoms with Gasteiger partial charge in [-0.2, -0.15) is 0 Å². The summed E-state index contributed by atoms with van der Waals surface area (Å²) in [5.74, 6) is 0.264. The van der Waals surface area contributed by atoms with E-state index in [0.717, 1.165) is 12.8 Å². The summed E-state index contributed by atoms with van der Waals surface area (Å²) in [5, 5.41) is 19.4. The zero-order valence-corrected chi connectivity index (χ0v) is 12.7. The summed E-state index contributed by atoms with van der Waals surface area (Å²) in [6, 6.07) is 20.8. The van der Waals surface area contributed by atoms with Crippen molar-refractivity contribution in [3.8, 4) is 0 Å². The molecule has 2 nitrogen and oxygen atoms in total. The Hall–Kier alpha value is -1.90. The minimum Gasteiger partial charge on any atom is -0.396 e. The van der Waals surface area contributed by atoms with Gasteiger partial charge >= 0.3 is 0 Å². The largest absolute Gasteiger partial charge is 0.396 e. The van der Waals surface area contributed by atoms with E-state index in [-0.39, 0.29) is 25.0 Å². The molecule has 0 saturated carbocycles. The normalized spacial score (nSPS) is 21.9. The van der Waals surface area contributed by atoms with Crippen molar-refractivity contribution >= 4 is 11.1 Å². The Morgan fingerprint density at radius 2 is 1.00 bits per heavy atom. The molecule has 2 heteroatoms. The van der Waals surface area contributed by atoms with Crippen molar-refractivity contribution in [1.29, 1.82) is 0 Å². The van der Waals surface area contributed by atoms with Crippen LogP contribution in [0.25, 0.3) is 11.1 Å². The first-order valence-electron chi connectivity index (χ1n) is 7.88. The van der Waals surface area contributed by atoms with E-state index in [1.807, 2.05) is 12.1 Å². The Morgan fingerprint density at radius 1 is 0.636 bits per heavy atom. The molecule has 22 heavy (non-hydrogen) atoms. The summed E-state index contributed by atoms with van der Waals surface area (Å²) in [7, 11) is 0. The van der Waals surface area contributed by atoms with Crippen LogP contribution in [0.1, 0.15) is 24.0 Å². The lowest BCUT2D eigenvalue weighted by atomic mass is 9.73. The van der Waals surface area contributed by atoms with Crippen molar-refractivity contribution in [2.75, 3.05) is 13.2 Å². The number of rotatable bonds is 4. The molecule has 114 valence electrons. The Bertz CT molecular complexity index is 574. The first-order valence-corrected chi connectivity index (χ1v) is 7.88. The van der Waals surface area contributed by atoms with Gasteiger partial charge in [0.05, 0.1) is 0 Å². The summed E-state index contributed by atoms with van der Waals surface area (Å²) in [4.78, 5) is 0. The Labute approximate surface area is 131 Å². The van der Waals surface area contributed by atoms with Gasteiger partial charge in [-0.3, -0.25) is 0 Å². The maximum Gasteiger partial charge on any atom is 0.0466 e. The molecule has 0 aromatic heterocycles. The molecule has 0 fully saturated rings. The molecule has 3 rings (SSSR count). The van der Waals surface area contributed by atoms with Crippen LogP contribution in [0, 0.1) is 11.8 Å². The smallest absolute Gasteiger partial charge is 0.0466 e. The van der Waals surface area contributed by atoms with Crippen LogP contribution in [0.4, 0.5) is 0 Å². The fraction of sp³-hybridized carbons (Fsp3) is 0.300. The second kappa shape index (κ2) is 6.91. The van der Waals surface area contributed by atoms with Crippen molar-refractivity contribution in [2.24, 2.45) is 11.8 Å². The molecule has 2 aromatic rings. The van der Waals surface area contributed by atoms with E-state index in [9.17, 15) is 10.2 Å². The predicted octanol–water partition coefficient (Wildman–Crippen LogP) is 3.61. The minimum atomic E-state index is 0.129. The Balaban J connectivity index is 2.10. The molecular weight excluding hydrogens is 272 g/mol. The highest BCUT2D eigenvalue weighted by Gasteiger charge is 2.30. The second-order valence-electron chi connectivity index (χ2n) is 5.98. The number of allylic oxidation sites excluding steroid dienone is 2. The Morgan fingerprint density at radius 3 is 1.32 bits per heavy atom. The zero-order valence-electron chi connectivity index (χ0n) is 12.7. The molecule has 2 aromatic carbocycles. The quantitative estimate of drug-likeness (QED) is 0.904. The van der Waals surface area contributed by atoms with Gasteiger partial charge in [0.15, 0.2) is 0 Å². The van der Waals surface area contributed by atoms with E-state index in [1.165, 1.54) is 22.3 Å². The van der Waals surface area contributed by atoms with E-state index in [2.05, 4.69) is 48.5 Å². The van der Waals surface area contributed by atoms with Crippen LogP contribution in [-0.4, -0.2) is 23.4 Å². The fourth-order valence-electron chi connectivity index (χ4n) is 3.39. The highest BCUT2D eigenvalue weighted by Crippen LogP contribution is 2.43. The number of hydrogen-bond acceptors (Lipinski definition) is 2. The third kappa shape index (κ3) is 2.99. The average Bonchev–Trinajstić information content (AvgIpc) is 2.62. The molecule has 2 atom stereocenters. The lowest BCUT2D eigenvalue weighted by molar-refractivity contribution is 0.122. The number of aliphatic hydroxyl groups is 2. The maximum absolute atomic E-state index is 9.68. The lowest BCUT2D eigenvalue weighted by Crippen LogP contribution is -2.26. The first kappa shape index (κ1) is 15.0. The standard InChI is InChI=1S/C20H22O2/c21-13-17-11-19(15-7-3-1-4-8-15)20(12-18(17)14-22)16-9-5-2-6-10-16/h1-10,17-18,21-22H,11-14H2. The maximum atomic E-state index is 9.68. The molecule has 0 saturated heterocycles. The minimum absolute atomic E-state index is 0.129. The number of hydrogen-bond donors (Lipinski definition) is 2. The highest BCUT2D eigenvalue weighted by molar-refractivity contribution is 5.91. The summed E-state index contributed by atoms with van der Waals surface area (Å²) < 4.78 is 0. The Kier molecular flexibility index (Phi) is 4.71. The first-order chi connectivity index (χ1) is 10.8. The molecule has 0 heterocycles. The van der Waals surface area contributed by atoms with Gasteiger partial charge in [0, 0.05) is 13.2 Å². The molecule has 0 radical (unpaired) electrons. The van der Waals surface area contributed by atoms with E-state index < -0.39 is 0 Å². The van der Waals surface area contributed by atoms with Crippen molar-refractivity contribution in [3.05, 3.63) is 71.8 Å². The van der Waals surface area contributed by atoms with Crippen molar-refractivity contribution in [2.45, 2.75) is 12.8 Å². The van der Waals surface area contributed by atoms with Crippen LogP contribution in [0.15, 0.2) is 60.7 Å². The highest BCUT2D eigenvalue weighted by atomic mass is 16.3. The average molecular weight is 294 g/mol. The lowest BCUT2D eigenvalue weighted by Gasteiger charge is -2.33. The van der Waals surface area contributed by atoms with Crippen molar-refractivity contribution in [1.82, 2.24) is 0 Å². The van der Waals surface area contributed by atoms with Crippen LogP contribution in [0.2, 0.25) is 0 Å². The summed E-state index contributed by atoms with van der Waals surface area (Å²) in [5.41, 5.74) is 5.04. The van der Waals surface area contributed by atoms with E-state index in [1.54, 1.807) is 0 Å². The summed E-state index contributed by atoms with van der Waals surface area (Å²) in [6.45, 7) is 0.257. The van der Waals surface area contributed by atoms with Crippen LogP contribution < -0.4 is 0 Å². The SMILES string of the molecule is OCC1CC(c2ccccc2)=C(c2ccccc2)CC1CO. The third-order valence-corrected chi connectivity index (χ3v) is 4.68. The molecular formula is C20H22O2. The number of aliphatic hydroxyl groups excluding tert-OH is 2. The molecule has 1 aliphatic rings. The fourth-order valence-corrected chi connectivity index (χ4v) is 3.39. The van der Waals surface area contributed by atoms with E-state index in [0.29, 0.717) is 0 Å². The molecule has 0 bridgehead atoms. The molecule has 2 N–H and O–H groups in total. The van der Waals surface area contributed by atoms with Crippen LogP contribution in [0.3, 0.4) is 0 Å². The van der Waals surface area contributed by atoms with Gasteiger partial charge in [0.1, 0.15) is 0 Å². The summed E-state index contributed by atoms with van der Waals surface area (Å²) in [6.07, 6.45) is 1.63. The zero-order chi connectivity index (χ0) is 15.4. The van der Waals surface area contributed by atoms with Gasteiger partial charge in [-0.1, -0.05) is 60.7 Å². The van der Waals surface area contributed by atoms with Gasteiger partial charge in [0.25, 0.3) is 0 Å². The molecule has 0 amide bonds. The van der Waals surface area contributed by atoms with Gasteiger partial charge in [0.2, 0.25) is 0 Å². The van der Waals surface area contributed by atoms with Gasteiger partial charge in [-0.05, 0) is 47.0 Å². The molecule has 2 unspecified atom stereocenters. The second-order valence-corrected chi connectivity index (χ2v) is 5.98. The molecule has 0 aliphatic heterocycles. The van der Waals surface area contributed by atoms with E-state index in [4.69, 9.17) is 0 Å².